The van der Waals surface area contributed by atoms with Gasteiger partial charge in [-0.1, -0.05) is 42.0 Å². The van der Waals surface area contributed by atoms with Crippen molar-refractivity contribution in [3.8, 4) is 11.5 Å². The molecule has 2 rings (SSSR count). The lowest BCUT2D eigenvalue weighted by Crippen LogP contribution is -2.15. The van der Waals surface area contributed by atoms with Gasteiger partial charge in [0.2, 0.25) is 0 Å². The average molecular weight is 271 g/mol. The predicted molar refractivity (Wildman–Crippen MR) is 81.4 cm³/mol. The molecular weight excluding hydrogens is 250 g/mol. The number of benzene rings is 2. The van der Waals surface area contributed by atoms with Gasteiger partial charge in [-0.15, -0.1) is 0 Å². The minimum Gasteiger partial charge on any atom is -0.493 e. The van der Waals surface area contributed by atoms with Crippen molar-refractivity contribution in [3.05, 3.63) is 59.2 Å². The van der Waals surface area contributed by atoms with E-state index in [1.165, 1.54) is 11.1 Å². The standard InChI is InChI=1S/C17H21NO2/c1-12-6-4-7-13(10-12)11-15(18)14-8-5-9-16(19-2)17(14)20-3/h4-10,15H,11,18H2,1-3H3. The van der Waals surface area contributed by atoms with Crippen molar-refractivity contribution in [1.82, 2.24) is 0 Å². The molecule has 0 heterocycles. The first-order valence-corrected chi connectivity index (χ1v) is 6.67. The molecule has 20 heavy (non-hydrogen) atoms. The van der Waals surface area contributed by atoms with Crippen LogP contribution in [0.15, 0.2) is 42.5 Å². The summed E-state index contributed by atoms with van der Waals surface area (Å²) in [6.45, 7) is 2.08. The maximum Gasteiger partial charge on any atom is 0.165 e. The molecule has 0 aliphatic heterocycles. The van der Waals surface area contributed by atoms with Crippen molar-refractivity contribution in [1.29, 1.82) is 0 Å². The molecule has 2 N–H and O–H groups in total. The molecule has 0 saturated carbocycles. The van der Waals surface area contributed by atoms with Crippen LogP contribution in [0.5, 0.6) is 11.5 Å². The van der Waals surface area contributed by atoms with Crippen LogP contribution in [-0.4, -0.2) is 14.2 Å². The molecule has 3 nitrogen and oxygen atoms in total. The van der Waals surface area contributed by atoms with Gasteiger partial charge in [0.15, 0.2) is 11.5 Å². The van der Waals surface area contributed by atoms with Crippen molar-refractivity contribution in [2.75, 3.05) is 14.2 Å². The molecule has 1 atom stereocenters. The third-order valence-corrected chi connectivity index (χ3v) is 3.37. The van der Waals surface area contributed by atoms with Crippen LogP contribution in [0.4, 0.5) is 0 Å². The number of hydrogen-bond donors (Lipinski definition) is 1. The lowest BCUT2D eigenvalue weighted by Gasteiger charge is -2.18. The fraction of sp³-hybridized carbons (Fsp3) is 0.294. The molecule has 106 valence electrons. The summed E-state index contributed by atoms with van der Waals surface area (Å²) < 4.78 is 10.8. The molecule has 0 aromatic heterocycles. The van der Waals surface area contributed by atoms with Gasteiger partial charge < -0.3 is 15.2 Å². The number of ether oxygens (including phenoxy) is 2. The zero-order valence-electron chi connectivity index (χ0n) is 12.2. The molecule has 0 bridgehead atoms. The van der Waals surface area contributed by atoms with E-state index in [2.05, 4.69) is 31.2 Å². The van der Waals surface area contributed by atoms with Crippen LogP contribution in [0.1, 0.15) is 22.7 Å². The van der Waals surface area contributed by atoms with E-state index in [1.54, 1.807) is 14.2 Å². The highest BCUT2D eigenvalue weighted by molar-refractivity contribution is 5.48. The zero-order chi connectivity index (χ0) is 14.5. The van der Waals surface area contributed by atoms with E-state index in [0.29, 0.717) is 5.75 Å². The Labute approximate surface area is 120 Å². The Bertz CT molecular complexity index is 581. The largest absolute Gasteiger partial charge is 0.493 e. The van der Waals surface area contributed by atoms with Gasteiger partial charge in [-0.25, -0.2) is 0 Å². The predicted octanol–water partition coefficient (Wildman–Crippen LogP) is 3.25. The third kappa shape index (κ3) is 3.11. The smallest absolute Gasteiger partial charge is 0.165 e. The summed E-state index contributed by atoms with van der Waals surface area (Å²) in [4.78, 5) is 0. The number of para-hydroxylation sites is 1. The second-order valence-corrected chi connectivity index (χ2v) is 4.88. The van der Waals surface area contributed by atoms with Crippen molar-refractivity contribution in [2.24, 2.45) is 5.73 Å². The van der Waals surface area contributed by atoms with Crippen molar-refractivity contribution < 1.29 is 9.47 Å². The normalized spacial score (nSPS) is 12.0. The van der Waals surface area contributed by atoms with Gasteiger partial charge >= 0.3 is 0 Å². The third-order valence-electron chi connectivity index (χ3n) is 3.37. The van der Waals surface area contributed by atoms with Crippen molar-refractivity contribution in [3.63, 3.8) is 0 Å². The van der Waals surface area contributed by atoms with Crippen LogP contribution >= 0.6 is 0 Å². The van der Waals surface area contributed by atoms with Crippen LogP contribution in [0.2, 0.25) is 0 Å². The number of hydrogen-bond acceptors (Lipinski definition) is 3. The van der Waals surface area contributed by atoms with Gasteiger partial charge in [-0.3, -0.25) is 0 Å². The maximum atomic E-state index is 6.34. The Morgan fingerprint density at radius 2 is 1.80 bits per heavy atom. The molecule has 1 unspecified atom stereocenters. The van der Waals surface area contributed by atoms with E-state index in [1.807, 2.05) is 18.2 Å². The molecule has 2 aromatic carbocycles. The molecule has 0 aliphatic carbocycles. The minimum absolute atomic E-state index is 0.123. The molecule has 0 amide bonds. The molecular formula is C17H21NO2. The molecule has 0 radical (unpaired) electrons. The summed E-state index contributed by atoms with van der Waals surface area (Å²) in [6.07, 6.45) is 0.769. The lowest BCUT2D eigenvalue weighted by atomic mass is 9.97. The highest BCUT2D eigenvalue weighted by Gasteiger charge is 2.16. The number of rotatable bonds is 5. The van der Waals surface area contributed by atoms with E-state index in [4.69, 9.17) is 15.2 Å². The minimum atomic E-state index is -0.123. The quantitative estimate of drug-likeness (QED) is 0.908. The molecule has 3 heteroatoms. The first-order chi connectivity index (χ1) is 9.65. The first kappa shape index (κ1) is 14.4. The van der Waals surface area contributed by atoms with E-state index in [9.17, 15) is 0 Å². The average Bonchev–Trinajstić information content (AvgIpc) is 2.46. The van der Waals surface area contributed by atoms with Gasteiger partial charge in [0.1, 0.15) is 0 Å². The number of methoxy groups -OCH3 is 2. The molecule has 2 aromatic rings. The Hall–Kier alpha value is -2.00. The SMILES string of the molecule is COc1cccc(C(N)Cc2cccc(C)c2)c1OC. The maximum absolute atomic E-state index is 6.34. The summed E-state index contributed by atoms with van der Waals surface area (Å²) in [5.41, 5.74) is 9.77. The highest BCUT2D eigenvalue weighted by Crippen LogP contribution is 2.34. The van der Waals surface area contributed by atoms with Crippen molar-refractivity contribution >= 4 is 0 Å². The summed E-state index contributed by atoms with van der Waals surface area (Å²) in [6, 6.07) is 14.1. The summed E-state index contributed by atoms with van der Waals surface area (Å²) in [7, 11) is 3.27. The monoisotopic (exact) mass is 271 g/mol. The van der Waals surface area contributed by atoms with Gasteiger partial charge in [0.05, 0.1) is 14.2 Å². The van der Waals surface area contributed by atoms with Gasteiger partial charge in [-0.05, 0) is 25.0 Å². The summed E-state index contributed by atoms with van der Waals surface area (Å²) in [5, 5.41) is 0. The second kappa shape index (κ2) is 6.44. The Balaban J connectivity index is 2.27. The van der Waals surface area contributed by atoms with Gasteiger partial charge in [0, 0.05) is 11.6 Å². The topological polar surface area (TPSA) is 44.5 Å². The van der Waals surface area contributed by atoms with Gasteiger partial charge in [-0.2, -0.15) is 0 Å². The van der Waals surface area contributed by atoms with E-state index < -0.39 is 0 Å². The Morgan fingerprint density at radius 3 is 2.45 bits per heavy atom. The molecule has 0 fully saturated rings. The van der Waals surface area contributed by atoms with Crippen LogP contribution in [0.25, 0.3) is 0 Å². The van der Waals surface area contributed by atoms with Crippen molar-refractivity contribution in [2.45, 2.75) is 19.4 Å². The number of nitrogens with two attached hydrogens (primary N) is 1. The zero-order valence-corrected chi connectivity index (χ0v) is 12.2. The Kier molecular flexibility index (Phi) is 4.64. The lowest BCUT2D eigenvalue weighted by molar-refractivity contribution is 0.349. The van der Waals surface area contributed by atoms with E-state index in [-0.39, 0.29) is 6.04 Å². The summed E-state index contributed by atoms with van der Waals surface area (Å²) >= 11 is 0. The molecule has 0 spiro atoms. The van der Waals surface area contributed by atoms with E-state index >= 15 is 0 Å². The number of aryl methyl sites for hydroxylation is 1. The van der Waals surface area contributed by atoms with Crippen LogP contribution in [0, 0.1) is 6.92 Å². The van der Waals surface area contributed by atoms with Gasteiger partial charge in [0.25, 0.3) is 0 Å². The van der Waals surface area contributed by atoms with Crippen LogP contribution in [-0.2, 0) is 6.42 Å². The van der Waals surface area contributed by atoms with E-state index in [0.717, 1.165) is 17.7 Å². The second-order valence-electron chi connectivity index (χ2n) is 4.88. The molecule has 0 aliphatic rings. The summed E-state index contributed by atoms with van der Waals surface area (Å²) in [5.74, 6) is 1.43. The van der Waals surface area contributed by atoms with Crippen LogP contribution in [0.3, 0.4) is 0 Å². The van der Waals surface area contributed by atoms with Crippen LogP contribution < -0.4 is 15.2 Å². The fourth-order valence-corrected chi connectivity index (χ4v) is 2.41. The first-order valence-electron chi connectivity index (χ1n) is 6.67. The highest BCUT2D eigenvalue weighted by atomic mass is 16.5. The Morgan fingerprint density at radius 1 is 1.05 bits per heavy atom. The molecule has 0 saturated heterocycles. The fourth-order valence-electron chi connectivity index (χ4n) is 2.41.